The predicted octanol–water partition coefficient (Wildman–Crippen LogP) is 2.67. The summed E-state index contributed by atoms with van der Waals surface area (Å²) in [6, 6.07) is 5.30. The summed E-state index contributed by atoms with van der Waals surface area (Å²) < 4.78 is 13.0. The average Bonchev–Trinajstić information content (AvgIpc) is 2.11. The summed E-state index contributed by atoms with van der Waals surface area (Å²) in [5, 5.41) is 3.23. The highest BCUT2D eigenvalue weighted by molar-refractivity contribution is 5.25. The van der Waals surface area contributed by atoms with Crippen LogP contribution in [0.4, 0.5) is 4.39 Å². The third-order valence-corrected chi connectivity index (χ3v) is 2.55. The second-order valence-electron chi connectivity index (χ2n) is 4.39. The molecule has 0 aliphatic heterocycles. The van der Waals surface area contributed by atoms with Gasteiger partial charge in [0.25, 0.3) is 0 Å². The Kier molecular flexibility index (Phi) is 3.27. The second kappa shape index (κ2) is 4.09. The Morgan fingerprint density at radius 3 is 2.50 bits per heavy atom. The predicted molar refractivity (Wildman–Crippen MR) is 58.0 cm³/mol. The van der Waals surface area contributed by atoms with Gasteiger partial charge in [-0.05, 0) is 51.4 Å². The lowest BCUT2D eigenvalue weighted by atomic mass is 9.94. The van der Waals surface area contributed by atoms with Crippen molar-refractivity contribution in [1.29, 1.82) is 0 Å². The van der Waals surface area contributed by atoms with Crippen LogP contribution in [0.3, 0.4) is 0 Å². The van der Waals surface area contributed by atoms with Crippen molar-refractivity contribution in [3.05, 3.63) is 35.1 Å². The van der Waals surface area contributed by atoms with Crippen LogP contribution in [0.15, 0.2) is 18.2 Å². The van der Waals surface area contributed by atoms with Crippen LogP contribution >= 0.6 is 0 Å². The second-order valence-corrected chi connectivity index (χ2v) is 4.39. The maximum Gasteiger partial charge on any atom is 0.126 e. The molecule has 2 heteroatoms. The smallest absolute Gasteiger partial charge is 0.126 e. The van der Waals surface area contributed by atoms with E-state index < -0.39 is 0 Å². The fourth-order valence-corrected chi connectivity index (χ4v) is 1.42. The maximum atomic E-state index is 13.0. The fourth-order valence-electron chi connectivity index (χ4n) is 1.42. The lowest BCUT2D eigenvalue weighted by Gasteiger charge is -2.24. The molecule has 0 spiro atoms. The summed E-state index contributed by atoms with van der Waals surface area (Å²) in [6.45, 7) is 6.06. The van der Waals surface area contributed by atoms with Crippen LogP contribution < -0.4 is 5.32 Å². The third-order valence-electron chi connectivity index (χ3n) is 2.55. The van der Waals surface area contributed by atoms with Gasteiger partial charge in [-0.25, -0.2) is 4.39 Å². The van der Waals surface area contributed by atoms with Crippen molar-refractivity contribution in [1.82, 2.24) is 5.32 Å². The zero-order valence-electron chi connectivity index (χ0n) is 9.32. The monoisotopic (exact) mass is 195 g/mol. The van der Waals surface area contributed by atoms with Gasteiger partial charge in [0.1, 0.15) is 5.82 Å². The van der Waals surface area contributed by atoms with Crippen LogP contribution in [0.5, 0.6) is 0 Å². The van der Waals surface area contributed by atoms with E-state index in [1.54, 1.807) is 6.92 Å². The van der Waals surface area contributed by atoms with Gasteiger partial charge in [0.2, 0.25) is 0 Å². The van der Waals surface area contributed by atoms with Crippen molar-refractivity contribution in [2.75, 3.05) is 7.05 Å². The first-order chi connectivity index (χ1) is 6.44. The van der Waals surface area contributed by atoms with E-state index in [2.05, 4.69) is 19.2 Å². The van der Waals surface area contributed by atoms with Crippen molar-refractivity contribution >= 4 is 0 Å². The Morgan fingerprint density at radius 2 is 2.00 bits per heavy atom. The molecule has 1 aromatic carbocycles. The fraction of sp³-hybridized carbons (Fsp3) is 0.500. The first-order valence-corrected chi connectivity index (χ1v) is 4.88. The van der Waals surface area contributed by atoms with Crippen molar-refractivity contribution < 1.29 is 4.39 Å². The van der Waals surface area contributed by atoms with E-state index in [0.29, 0.717) is 0 Å². The van der Waals surface area contributed by atoms with E-state index >= 15 is 0 Å². The Bertz CT molecular complexity index is 318. The van der Waals surface area contributed by atoms with Gasteiger partial charge in [-0.3, -0.25) is 0 Å². The number of rotatable bonds is 3. The summed E-state index contributed by atoms with van der Waals surface area (Å²) in [5.74, 6) is -0.129. The molecule has 1 aromatic rings. The maximum absolute atomic E-state index is 13.0. The molecule has 0 unspecified atom stereocenters. The van der Waals surface area contributed by atoms with Crippen LogP contribution in [-0.2, 0) is 6.42 Å². The summed E-state index contributed by atoms with van der Waals surface area (Å²) in [5.41, 5.74) is 1.95. The Morgan fingerprint density at radius 1 is 1.36 bits per heavy atom. The number of nitrogens with one attached hydrogen (secondary N) is 1. The Labute approximate surface area is 85.3 Å². The van der Waals surface area contributed by atoms with E-state index in [1.807, 2.05) is 19.2 Å². The van der Waals surface area contributed by atoms with Gasteiger partial charge >= 0.3 is 0 Å². The van der Waals surface area contributed by atoms with Crippen LogP contribution in [0.25, 0.3) is 0 Å². The highest BCUT2D eigenvalue weighted by atomic mass is 19.1. The number of hydrogen-bond acceptors (Lipinski definition) is 1. The molecule has 0 aliphatic rings. The van der Waals surface area contributed by atoms with E-state index in [-0.39, 0.29) is 11.4 Å². The molecule has 14 heavy (non-hydrogen) atoms. The SMILES string of the molecule is CNC(C)(C)Cc1ccc(F)c(C)c1. The van der Waals surface area contributed by atoms with Gasteiger partial charge in [-0.1, -0.05) is 12.1 Å². The third kappa shape index (κ3) is 2.81. The van der Waals surface area contributed by atoms with Crippen LogP contribution in [0, 0.1) is 12.7 Å². The van der Waals surface area contributed by atoms with Crippen molar-refractivity contribution in [2.45, 2.75) is 32.7 Å². The Hall–Kier alpha value is -0.890. The first kappa shape index (κ1) is 11.2. The molecular weight excluding hydrogens is 177 g/mol. The van der Waals surface area contributed by atoms with Gasteiger partial charge in [-0.15, -0.1) is 0 Å². The lowest BCUT2D eigenvalue weighted by Crippen LogP contribution is -2.38. The van der Waals surface area contributed by atoms with Crippen LogP contribution in [0.2, 0.25) is 0 Å². The van der Waals surface area contributed by atoms with E-state index in [0.717, 1.165) is 12.0 Å². The number of benzene rings is 1. The van der Waals surface area contributed by atoms with E-state index in [4.69, 9.17) is 0 Å². The summed E-state index contributed by atoms with van der Waals surface area (Å²) in [4.78, 5) is 0. The minimum atomic E-state index is -0.129. The number of likely N-dealkylation sites (N-methyl/N-ethyl adjacent to an activating group) is 1. The van der Waals surface area contributed by atoms with Gasteiger partial charge < -0.3 is 5.32 Å². The molecule has 0 saturated heterocycles. The zero-order chi connectivity index (χ0) is 10.8. The first-order valence-electron chi connectivity index (χ1n) is 4.88. The molecule has 1 nitrogen and oxygen atoms in total. The molecule has 0 heterocycles. The largest absolute Gasteiger partial charge is 0.314 e. The molecule has 0 atom stereocenters. The summed E-state index contributed by atoms with van der Waals surface area (Å²) >= 11 is 0. The van der Waals surface area contributed by atoms with Gasteiger partial charge in [0.15, 0.2) is 0 Å². The number of halogens is 1. The molecule has 0 aromatic heterocycles. The molecule has 0 fully saturated rings. The highest BCUT2D eigenvalue weighted by Gasteiger charge is 2.15. The summed E-state index contributed by atoms with van der Waals surface area (Å²) in [7, 11) is 1.94. The van der Waals surface area contributed by atoms with Crippen molar-refractivity contribution in [3.8, 4) is 0 Å². The topological polar surface area (TPSA) is 12.0 Å². The average molecular weight is 195 g/mol. The molecule has 0 bridgehead atoms. The standard InChI is InChI=1S/C12H18FN/c1-9-7-10(5-6-11(9)13)8-12(2,3)14-4/h5-7,14H,8H2,1-4H3. The highest BCUT2D eigenvalue weighted by Crippen LogP contribution is 2.15. The normalized spacial score (nSPS) is 11.8. The summed E-state index contributed by atoms with van der Waals surface area (Å²) in [6.07, 6.45) is 0.907. The van der Waals surface area contributed by atoms with Crippen LogP contribution in [-0.4, -0.2) is 12.6 Å². The van der Waals surface area contributed by atoms with E-state index in [9.17, 15) is 4.39 Å². The van der Waals surface area contributed by atoms with E-state index in [1.165, 1.54) is 11.6 Å². The quantitative estimate of drug-likeness (QED) is 0.782. The molecule has 78 valence electrons. The molecular formula is C12H18FN. The minimum absolute atomic E-state index is 0.0598. The van der Waals surface area contributed by atoms with Crippen molar-refractivity contribution in [3.63, 3.8) is 0 Å². The lowest BCUT2D eigenvalue weighted by molar-refractivity contribution is 0.421. The molecule has 0 radical (unpaired) electrons. The van der Waals surface area contributed by atoms with Crippen LogP contribution in [0.1, 0.15) is 25.0 Å². The zero-order valence-corrected chi connectivity index (χ0v) is 9.32. The van der Waals surface area contributed by atoms with Crippen molar-refractivity contribution in [2.24, 2.45) is 0 Å². The Balaban J connectivity index is 2.83. The molecule has 1 rings (SSSR count). The molecule has 0 amide bonds. The molecule has 0 aliphatic carbocycles. The molecule has 1 N–H and O–H groups in total. The van der Waals surface area contributed by atoms with Gasteiger partial charge in [-0.2, -0.15) is 0 Å². The number of aryl methyl sites for hydroxylation is 1. The number of hydrogen-bond donors (Lipinski definition) is 1. The minimum Gasteiger partial charge on any atom is -0.314 e. The molecule has 0 saturated carbocycles. The van der Waals surface area contributed by atoms with Gasteiger partial charge in [0.05, 0.1) is 0 Å². The van der Waals surface area contributed by atoms with Gasteiger partial charge in [0, 0.05) is 5.54 Å².